The molecule has 0 aromatic heterocycles. The Labute approximate surface area is 169 Å². The summed E-state index contributed by atoms with van der Waals surface area (Å²) >= 11 is 5.99. The van der Waals surface area contributed by atoms with Crippen LogP contribution in [0, 0.1) is 0 Å². The molecule has 28 heavy (non-hydrogen) atoms. The third kappa shape index (κ3) is 6.14. The Morgan fingerprint density at radius 2 is 1.50 bits per heavy atom. The van der Waals surface area contributed by atoms with Crippen LogP contribution < -0.4 is 25.0 Å². The number of para-hydroxylation sites is 2. The van der Waals surface area contributed by atoms with E-state index in [0.717, 1.165) is 4.90 Å². The molecule has 0 spiro atoms. The molecule has 0 aliphatic heterocycles. The summed E-state index contributed by atoms with van der Waals surface area (Å²) < 4.78 is 10.5. The number of benzene rings is 2. The Morgan fingerprint density at radius 1 is 0.929 bits per heavy atom. The molecule has 1 atom stereocenters. The van der Waals surface area contributed by atoms with Crippen LogP contribution in [-0.2, 0) is 9.59 Å². The van der Waals surface area contributed by atoms with E-state index in [1.165, 1.54) is 7.11 Å². The third-order valence-corrected chi connectivity index (χ3v) is 4.37. The molecular formula is C20H25ClN3O4+. The maximum absolute atomic E-state index is 12.4. The number of halogens is 1. The molecule has 0 bridgehead atoms. The summed E-state index contributed by atoms with van der Waals surface area (Å²) in [5, 5.41) is 6.10. The minimum atomic E-state index is -0.234. The summed E-state index contributed by atoms with van der Waals surface area (Å²) in [5.41, 5.74) is 1.09. The van der Waals surface area contributed by atoms with Gasteiger partial charge in [0.05, 0.1) is 32.1 Å². The van der Waals surface area contributed by atoms with Crippen molar-refractivity contribution in [2.45, 2.75) is 6.92 Å². The molecule has 0 saturated heterocycles. The van der Waals surface area contributed by atoms with Gasteiger partial charge in [0, 0.05) is 5.02 Å². The number of hydrogen-bond acceptors (Lipinski definition) is 4. The van der Waals surface area contributed by atoms with Crippen LogP contribution in [0.1, 0.15) is 6.92 Å². The van der Waals surface area contributed by atoms with Crippen molar-refractivity contribution in [3.8, 4) is 11.5 Å². The monoisotopic (exact) mass is 406 g/mol. The Hall–Kier alpha value is -2.77. The van der Waals surface area contributed by atoms with Gasteiger partial charge in [0.15, 0.2) is 13.1 Å². The van der Waals surface area contributed by atoms with E-state index >= 15 is 0 Å². The standard InChI is InChI=1S/C20H24ClN3O4/c1-4-24(12-19(25)22-15-7-5-6-8-17(15)27-2)13-20(26)23-16-11-14(21)9-10-18(16)28-3/h5-11H,4,12-13H2,1-3H3,(H,22,25)(H,23,26)/p+1. The van der Waals surface area contributed by atoms with Crippen molar-refractivity contribution in [3.63, 3.8) is 0 Å². The van der Waals surface area contributed by atoms with Crippen LogP contribution >= 0.6 is 11.6 Å². The highest BCUT2D eigenvalue weighted by atomic mass is 35.5. The quantitative estimate of drug-likeness (QED) is 0.593. The van der Waals surface area contributed by atoms with Crippen LogP contribution in [0.15, 0.2) is 42.5 Å². The van der Waals surface area contributed by atoms with Gasteiger partial charge < -0.3 is 25.0 Å². The van der Waals surface area contributed by atoms with Crippen molar-refractivity contribution in [2.24, 2.45) is 0 Å². The lowest BCUT2D eigenvalue weighted by molar-refractivity contribution is -0.881. The number of rotatable bonds is 9. The van der Waals surface area contributed by atoms with E-state index in [9.17, 15) is 9.59 Å². The predicted octanol–water partition coefficient (Wildman–Crippen LogP) is 1.84. The zero-order chi connectivity index (χ0) is 20.5. The first-order valence-corrected chi connectivity index (χ1v) is 9.24. The molecule has 2 aromatic rings. The van der Waals surface area contributed by atoms with Gasteiger partial charge in [-0.1, -0.05) is 23.7 Å². The number of amides is 2. The SMILES string of the molecule is CC[NH+](CC(=O)Nc1ccccc1OC)CC(=O)Nc1cc(Cl)ccc1OC. The van der Waals surface area contributed by atoms with Crippen LogP contribution in [0.3, 0.4) is 0 Å². The number of likely N-dealkylation sites (N-methyl/N-ethyl adjacent to an activating group) is 1. The second-order valence-corrected chi connectivity index (χ2v) is 6.53. The summed E-state index contributed by atoms with van der Waals surface area (Å²) in [5.74, 6) is 0.668. The molecule has 1 unspecified atom stereocenters. The summed E-state index contributed by atoms with van der Waals surface area (Å²) in [6, 6.07) is 12.2. The first-order chi connectivity index (χ1) is 13.5. The second-order valence-electron chi connectivity index (χ2n) is 6.10. The lowest BCUT2D eigenvalue weighted by atomic mass is 10.3. The molecule has 0 aliphatic rings. The Kier molecular flexibility index (Phi) is 8.10. The van der Waals surface area contributed by atoms with E-state index in [0.29, 0.717) is 34.4 Å². The Balaban J connectivity index is 1.95. The number of hydrogen-bond donors (Lipinski definition) is 3. The van der Waals surface area contributed by atoms with Crippen molar-refractivity contribution in [2.75, 3.05) is 44.5 Å². The largest absolute Gasteiger partial charge is 0.495 e. The van der Waals surface area contributed by atoms with E-state index < -0.39 is 0 Å². The maximum atomic E-state index is 12.4. The minimum absolute atomic E-state index is 0.130. The number of ether oxygens (including phenoxy) is 2. The van der Waals surface area contributed by atoms with Crippen molar-refractivity contribution >= 4 is 34.8 Å². The number of nitrogens with one attached hydrogen (secondary N) is 3. The van der Waals surface area contributed by atoms with Crippen LogP contribution in [-0.4, -0.2) is 45.7 Å². The molecule has 0 aliphatic carbocycles. The van der Waals surface area contributed by atoms with Gasteiger partial charge in [-0.2, -0.15) is 0 Å². The normalized spacial score (nSPS) is 11.4. The average molecular weight is 407 g/mol. The fourth-order valence-electron chi connectivity index (χ4n) is 2.68. The zero-order valence-corrected chi connectivity index (χ0v) is 16.9. The molecule has 0 radical (unpaired) electrons. The summed E-state index contributed by atoms with van der Waals surface area (Å²) in [6.07, 6.45) is 0. The fraction of sp³-hybridized carbons (Fsp3) is 0.300. The third-order valence-electron chi connectivity index (χ3n) is 4.14. The molecule has 0 fully saturated rings. The number of anilines is 2. The number of carbonyl (C=O) groups excluding carboxylic acids is 2. The summed E-state index contributed by atoms with van der Waals surface area (Å²) in [6.45, 7) is 2.80. The fourth-order valence-corrected chi connectivity index (χ4v) is 2.85. The molecule has 2 amide bonds. The van der Waals surface area contributed by atoms with E-state index in [-0.39, 0.29) is 24.9 Å². The van der Waals surface area contributed by atoms with Crippen LogP contribution in [0.2, 0.25) is 5.02 Å². The van der Waals surface area contributed by atoms with Gasteiger partial charge in [0.2, 0.25) is 0 Å². The molecule has 8 heteroatoms. The molecule has 3 N–H and O–H groups in total. The van der Waals surface area contributed by atoms with Crippen molar-refractivity contribution in [1.29, 1.82) is 0 Å². The van der Waals surface area contributed by atoms with Gasteiger partial charge in [-0.3, -0.25) is 9.59 Å². The molecule has 0 heterocycles. The number of quaternary nitrogens is 1. The van der Waals surface area contributed by atoms with E-state index in [2.05, 4.69) is 10.6 Å². The molecule has 7 nitrogen and oxygen atoms in total. The average Bonchev–Trinajstić information content (AvgIpc) is 2.68. The van der Waals surface area contributed by atoms with Gasteiger partial charge in [0.25, 0.3) is 11.8 Å². The number of methoxy groups -OCH3 is 2. The first-order valence-electron chi connectivity index (χ1n) is 8.86. The molecule has 150 valence electrons. The van der Waals surface area contributed by atoms with Gasteiger partial charge in [-0.05, 0) is 37.3 Å². The minimum Gasteiger partial charge on any atom is -0.495 e. The second kappa shape index (κ2) is 10.5. The van der Waals surface area contributed by atoms with E-state index in [4.69, 9.17) is 21.1 Å². The van der Waals surface area contributed by atoms with Gasteiger partial charge in [-0.15, -0.1) is 0 Å². The maximum Gasteiger partial charge on any atom is 0.279 e. The smallest absolute Gasteiger partial charge is 0.279 e. The molecule has 2 rings (SSSR count). The van der Waals surface area contributed by atoms with E-state index in [1.807, 2.05) is 19.1 Å². The summed E-state index contributed by atoms with van der Waals surface area (Å²) in [4.78, 5) is 25.6. The molecular weight excluding hydrogens is 382 g/mol. The summed E-state index contributed by atoms with van der Waals surface area (Å²) in [7, 11) is 3.06. The molecule has 0 saturated carbocycles. The lowest BCUT2D eigenvalue weighted by Crippen LogP contribution is -3.13. The van der Waals surface area contributed by atoms with Gasteiger partial charge in [0.1, 0.15) is 11.5 Å². The highest BCUT2D eigenvalue weighted by molar-refractivity contribution is 6.31. The van der Waals surface area contributed by atoms with Crippen LogP contribution in [0.5, 0.6) is 11.5 Å². The zero-order valence-electron chi connectivity index (χ0n) is 16.2. The van der Waals surface area contributed by atoms with Crippen molar-refractivity contribution in [1.82, 2.24) is 0 Å². The van der Waals surface area contributed by atoms with Crippen molar-refractivity contribution in [3.05, 3.63) is 47.5 Å². The van der Waals surface area contributed by atoms with Gasteiger partial charge >= 0.3 is 0 Å². The van der Waals surface area contributed by atoms with Crippen LogP contribution in [0.4, 0.5) is 11.4 Å². The Morgan fingerprint density at radius 3 is 2.11 bits per heavy atom. The predicted molar refractivity (Wildman–Crippen MR) is 109 cm³/mol. The lowest BCUT2D eigenvalue weighted by Gasteiger charge is -2.18. The highest BCUT2D eigenvalue weighted by Gasteiger charge is 2.18. The van der Waals surface area contributed by atoms with Crippen LogP contribution in [0.25, 0.3) is 0 Å². The number of carbonyl (C=O) groups is 2. The van der Waals surface area contributed by atoms with Crippen molar-refractivity contribution < 1.29 is 24.0 Å². The first kappa shape index (κ1) is 21.5. The Bertz CT molecular complexity index is 829. The van der Waals surface area contributed by atoms with E-state index in [1.54, 1.807) is 37.4 Å². The molecule has 2 aromatic carbocycles. The topological polar surface area (TPSA) is 81.1 Å². The van der Waals surface area contributed by atoms with Gasteiger partial charge in [-0.25, -0.2) is 0 Å². The highest BCUT2D eigenvalue weighted by Crippen LogP contribution is 2.27.